The Morgan fingerprint density at radius 1 is 1.50 bits per heavy atom. The highest BCUT2D eigenvalue weighted by Crippen LogP contribution is 2.28. The number of ether oxygens (including phenoxy) is 1. The van der Waals surface area contributed by atoms with E-state index in [9.17, 15) is 9.59 Å². The van der Waals surface area contributed by atoms with Crippen LogP contribution in [-0.2, 0) is 21.5 Å². The molecule has 2 amide bonds. The minimum atomic E-state index is -0.638. The highest BCUT2D eigenvalue weighted by Gasteiger charge is 2.33. The molecular formula is C14H19ClN4O3. The maximum Gasteiger partial charge on any atom is 0.320 e. The van der Waals surface area contributed by atoms with E-state index in [2.05, 4.69) is 15.5 Å². The van der Waals surface area contributed by atoms with Crippen LogP contribution in [0.3, 0.4) is 0 Å². The number of nitrogens with one attached hydrogen (secondary N) is 1. The van der Waals surface area contributed by atoms with Crippen LogP contribution in [0.2, 0.25) is 5.15 Å². The summed E-state index contributed by atoms with van der Waals surface area (Å²) in [5.41, 5.74) is 1.25. The van der Waals surface area contributed by atoms with Crippen molar-refractivity contribution in [1.29, 1.82) is 0 Å². The number of urea groups is 1. The Morgan fingerprint density at radius 2 is 2.18 bits per heavy atom. The van der Waals surface area contributed by atoms with E-state index in [0.29, 0.717) is 10.8 Å². The monoisotopic (exact) mass is 326 g/mol. The summed E-state index contributed by atoms with van der Waals surface area (Å²) in [5.74, 6) is -0.441. The summed E-state index contributed by atoms with van der Waals surface area (Å²) in [6, 6.07) is 1.52. The minimum Gasteiger partial charge on any atom is -0.440 e. The zero-order chi connectivity index (χ0) is 16.5. The fourth-order valence-corrected chi connectivity index (χ4v) is 2.56. The van der Waals surface area contributed by atoms with Gasteiger partial charge in [-0.25, -0.2) is 4.79 Å². The number of halogens is 1. The molecule has 1 aliphatic heterocycles. The maximum absolute atomic E-state index is 11.9. The van der Waals surface area contributed by atoms with Crippen LogP contribution in [0.5, 0.6) is 0 Å². The summed E-state index contributed by atoms with van der Waals surface area (Å²) in [6.45, 7) is 7.81. The highest BCUT2D eigenvalue weighted by atomic mass is 35.5. The quantitative estimate of drug-likeness (QED) is 0.857. The zero-order valence-corrected chi connectivity index (χ0v) is 13.8. The number of amides is 2. The molecule has 2 heterocycles. The molecule has 0 aliphatic carbocycles. The molecule has 1 aromatic heterocycles. The second-order valence-electron chi connectivity index (χ2n) is 6.17. The van der Waals surface area contributed by atoms with Crippen molar-refractivity contribution in [2.24, 2.45) is 0 Å². The van der Waals surface area contributed by atoms with Crippen LogP contribution < -0.4 is 5.32 Å². The Bertz CT molecular complexity index is 600. The van der Waals surface area contributed by atoms with E-state index in [0.717, 1.165) is 5.56 Å². The van der Waals surface area contributed by atoms with Gasteiger partial charge in [0.1, 0.15) is 0 Å². The van der Waals surface area contributed by atoms with Crippen molar-refractivity contribution >= 4 is 23.6 Å². The van der Waals surface area contributed by atoms with E-state index >= 15 is 0 Å². The Hall–Kier alpha value is -1.89. The molecule has 1 aliphatic rings. The van der Waals surface area contributed by atoms with Gasteiger partial charge < -0.3 is 10.1 Å². The first-order valence-electron chi connectivity index (χ1n) is 6.93. The normalized spacial score (nSPS) is 18.3. The van der Waals surface area contributed by atoms with Gasteiger partial charge in [-0.3, -0.25) is 9.69 Å². The third kappa shape index (κ3) is 3.65. The van der Waals surface area contributed by atoms with Crippen LogP contribution in [0.1, 0.15) is 39.0 Å². The van der Waals surface area contributed by atoms with E-state index in [1.54, 1.807) is 0 Å². The van der Waals surface area contributed by atoms with Crippen molar-refractivity contribution in [3.63, 3.8) is 0 Å². The number of carbonyl (C=O) groups excluding carboxylic acids is 2. The van der Waals surface area contributed by atoms with Gasteiger partial charge in [-0.15, -0.1) is 5.10 Å². The van der Waals surface area contributed by atoms with Crippen LogP contribution >= 0.6 is 11.6 Å². The molecule has 7 nitrogen and oxygen atoms in total. The lowest BCUT2D eigenvalue weighted by molar-refractivity contribution is -0.151. The first kappa shape index (κ1) is 16.5. The number of carbonyl (C=O) groups is 2. The van der Waals surface area contributed by atoms with Gasteiger partial charge in [-0.05, 0) is 17.0 Å². The van der Waals surface area contributed by atoms with Crippen LogP contribution in [0, 0.1) is 0 Å². The Labute approximate surface area is 134 Å². The number of aromatic nitrogens is 2. The van der Waals surface area contributed by atoms with Crippen molar-refractivity contribution in [2.75, 3.05) is 6.54 Å². The van der Waals surface area contributed by atoms with E-state index in [1.165, 1.54) is 11.8 Å². The number of rotatable bonds is 3. The summed E-state index contributed by atoms with van der Waals surface area (Å²) < 4.78 is 5.12. The van der Waals surface area contributed by atoms with Crippen LogP contribution in [-0.4, -0.2) is 39.9 Å². The van der Waals surface area contributed by atoms with E-state index in [-0.39, 0.29) is 24.5 Å². The summed E-state index contributed by atoms with van der Waals surface area (Å²) in [7, 11) is 0. The largest absolute Gasteiger partial charge is 0.440 e. The molecule has 120 valence electrons. The molecule has 1 fully saturated rings. The predicted molar refractivity (Wildman–Crippen MR) is 80.2 cm³/mol. The first-order valence-corrected chi connectivity index (χ1v) is 7.30. The first-order chi connectivity index (χ1) is 10.2. The molecule has 1 aromatic rings. The molecule has 2 rings (SSSR count). The van der Waals surface area contributed by atoms with Gasteiger partial charge in [0.25, 0.3) is 0 Å². The third-order valence-corrected chi connectivity index (χ3v) is 3.56. The topological polar surface area (TPSA) is 84.4 Å². The molecule has 0 bridgehead atoms. The van der Waals surface area contributed by atoms with Crippen LogP contribution in [0.15, 0.2) is 6.07 Å². The van der Waals surface area contributed by atoms with Gasteiger partial charge in [0.15, 0.2) is 11.4 Å². The maximum atomic E-state index is 11.9. The fraction of sp³-hybridized carbons (Fsp3) is 0.571. The minimum absolute atomic E-state index is 0.190. The van der Waals surface area contributed by atoms with Crippen LogP contribution in [0.4, 0.5) is 4.79 Å². The lowest BCUT2D eigenvalue weighted by Gasteiger charge is -2.23. The van der Waals surface area contributed by atoms with Gasteiger partial charge in [0.2, 0.25) is 0 Å². The van der Waals surface area contributed by atoms with Crippen molar-refractivity contribution in [2.45, 2.75) is 45.9 Å². The van der Waals surface area contributed by atoms with Crippen LogP contribution in [0.25, 0.3) is 0 Å². The fourth-order valence-electron chi connectivity index (χ4n) is 2.18. The number of esters is 1. The lowest BCUT2D eigenvalue weighted by atomic mass is 9.88. The molecule has 1 atom stereocenters. The second-order valence-corrected chi connectivity index (χ2v) is 6.53. The Balaban J connectivity index is 2.22. The molecule has 0 spiro atoms. The second kappa shape index (κ2) is 6.08. The van der Waals surface area contributed by atoms with Crippen molar-refractivity contribution < 1.29 is 14.3 Å². The highest BCUT2D eigenvalue weighted by molar-refractivity contribution is 6.30. The average molecular weight is 327 g/mol. The SMILES string of the molecule is CC(=O)OC1CNC(=O)N1Cc1cc(C(C)(C)C)c(Cl)nn1. The number of hydrogen-bond acceptors (Lipinski definition) is 5. The molecule has 8 heteroatoms. The number of nitrogens with zero attached hydrogens (tertiary/aromatic N) is 3. The molecule has 22 heavy (non-hydrogen) atoms. The Kier molecular flexibility index (Phi) is 4.55. The molecule has 0 aromatic carbocycles. The molecular weight excluding hydrogens is 308 g/mol. The summed E-state index contributed by atoms with van der Waals surface area (Å²) in [5, 5.41) is 11.0. The summed E-state index contributed by atoms with van der Waals surface area (Å²) in [6.07, 6.45) is -0.638. The third-order valence-electron chi connectivity index (χ3n) is 3.28. The van der Waals surface area contributed by atoms with Gasteiger partial charge in [-0.1, -0.05) is 32.4 Å². The number of hydrogen-bond donors (Lipinski definition) is 1. The van der Waals surface area contributed by atoms with Crippen molar-refractivity contribution in [3.05, 3.63) is 22.5 Å². The van der Waals surface area contributed by atoms with E-state index in [1.807, 2.05) is 26.8 Å². The smallest absolute Gasteiger partial charge is 0.320 e. The van der Waals surface area contributed by atoms with Gasteiger partial charge in [0.05, 0.1) is 18.8 Å². The standard InChI is InChI=1S/C14H19ClN4O3/c1-8(20)22-11-6-16-13(21)19(11)7-9-5-10(14(2,3)4)12(15)18-17-9/h5,11H,6-7H2,1-4H3,(H,16,21). The van der Waals surface area contributed by atoms with Gasteiger partial charge in [-0.2, -0.15) is 5.10 Å². The molecule has 0 saturated carbocycles. The van der Waals surface area contributed by atoms with Crippen molar-refractivity contribution in [1.82, 2.24) is 20.4 Å². The Morgan fingerprint density at radius 3 is 2.77 bits per heavy atom. The molecule has 1 N–H and O–H groups in total. The average Bonchev–Trinajstić information content (AvgIpc) is 2.71. The summed E-state index contributed by atoms with van der Waals surface area (Å²) >= 11 is 6.09. The van der Waals surface area contributed by atoms with E-state index in [4.69, 9.17) is 16.3 Å². The van der Waals surface area contributed by atoms with Gasteiger partial charge in [0, 0.05) is 6.92 Å². The van der Waals surface area contributed by atoms with E-state index < -0.39 is 12.2 Å². The zero-order valence-electron chi connectivity index (χ0n) is 13.0. The van der Waals surface area contributed by atoms with Gasteiger partial charge >= 0.3 is 12.0 Å². The lowest BCUT2D eigenvalue weighted by Crippen LogP contribution is -2.36. The summed E-state index contributed by atoms with van der Waals surface area (Å²) in [4.78, 5) is 24.4. The molecule has 1 unspecified atom stereocenters. The molecule has 0 radical (unpaired) electrons. The van der Waals surface area contributed by atoms with Crippen molar-refractivity contribution in [3.8, 4) is 0 Å². The molecule has 1 saturated heterocycles. The predicted octanol–water partition coefficient (Wildman–Crippen LogP) is 1.84.